The van der Waals surface area contributed by atoms with Crippen LogP contribution in [0.25, 0.3) is 0 Å². The van der Waals surface area contributed by atoms with E-state index in [1.807, 2.05) is 0 Å². The predicted molar refractivity (Wildman–Crippen MR) is 70.4 cm³/mol. The van der Waals surface area contributed by atoms with Crippen LogP contribution >= 0.6 is 11.6 Å². The van der Waals surface area contributed by atoms with Gasteiger partial charge in [0.2, 0.25) is 0 Å². The highest BCUT2D eigenvalue weighted by Gasteiger charge is 2.17. The van der Waals surface area contributed by atoms with E-state index < -0.39 is 11.9 Å². The molecule has 1 aromatic heterocycles. The van der Waals surface area contributed by atoms with E-state index >= 15 is 0 Å². The smallest absolute Gasteiger partial charge is 0.308 e. The lowest BCUT2D eigenvalue weighted by molar-refractivity contribution is -0.143. The van der Waals surface area contributed by atoms with Gasteiger partial charge in [-0.15, -0.1) is 0 Å². The molecule has 0 bridgehead atoms. The van der Waals surface area contributed by atoms with Crippen LogP contribution in [0.5, 0.6) is 0 Å². The Kier molecular flexibility index (Phi) is 6.45. The Bertz CT molecular complexity index is 450. The minimum Gasteiger partial charge on any atom is -0.481 e. The topological polar surface area (TPSA) is 76.5 Å². The van der Waals surface area contributed by atoms with Crippen LogP contribution in [0.2, 0.25) is 5.02 Å². The Morgan fingerprint density at radius 1 is 1.53 bits per heavy atom. The van der Waals surface area contributed by atoms with Gasteiger partial charge in [-0.3, -0.25) is 14.6 Å². The number of carbonyl (C=O) groups excluding carboxylic acids is 1. The lowest BCUT2D eigenvalue weighted by Crippen LogP contribution is -2.19. The second-order valence-electron chi connectivity index (χ2n) is 4.17. The largest absolute Gasteiger partial charge is 0.481 e. The summed E-state index contributed by atoms with van der Waals surface area (Å²) in [7, 11) is 1.46. The van der Waals surface area contributed by atoms with Gasteiger partial charge >= 0.3 is 5.97 Å². The Morgan fingerprint density at radius 3 is 2.84 bits per heavy atom. The maximum Gasteiger partial charge on any atom is 0.308 e. The fourth-order valence-corrected chi connectivity index (χ4v) is 1.83. The number of carboxylic acid groups (broad SMARTS) is 1. The molecule has 0 aliphatic rings. The summed E-state index contributed by atoms with van der Waals surface area (Å²) in [4.78, 5) is 26.6. The van der Waals surface area contributed by atoms with Crippen molar-refractivity contribution in [3.63, 3.8) is 0 Å². The highest BCUT2D eigenvalue weighted by atomic mass is 35.5. The third-order valence-electron chi connectivity index (χ3n) is 2.68. The van der Waals surface area contributed by atoms with Crippen LogP contribution in [0.3, 0.4) is 0 Å². The molecule has 0 fully saturated rings. The zero-order chi connectivity index (χ0) is 14.3. The molecule has 0 spiro atoms. The molecule has 1 unspecified atom stereocenters. The van der Waals surface area contributed by atoms with Gasteiger partial charge in [-0.2, -0.15) is 0 Å². The third kappa shape index (κ3) is 5.36. The molecule has 5 nitrogen and oxygen atoms in total. The molecule has 6 heteroatoms. The number of pyridine rings is 1. The Balaban J connectivity index is 2.44. The van der Waals surface area contributed by atoms with Crippen LogP contribution < -0.4 is 0 Å². The van der Waals surface area contributed by atoms with Crippen LogP contribution in [-0.2, 0) is 9.53 Å². The number of carboxylic acids is 1. The van der Waals surface area contributed by atoms with Crippen LogP contribution in [-0.4, -0.2) is 35.6 Å². The van der Waals surface area contributed by atoms with Crippen molar-refractivity contribution < 1.29 is 19.4 Å². The van der Waals surface area contributed by atoms with Gasteiger partial charge in [-0.25, -0.2) is 0 Å². The fourth-order valence-electron chi connectivity index (χ4n) is 1.67. The average molecular weight is 286 g/mol. The number of hydrogen-bond donors (Lipinski definition) is 1. The minimum atomic E-state index is -0.907. The monoisotopic (exact) mass is 285 g/mol. The van der Waals surface area contributed by atoms with Crippen molar-refractivity contribution in [1.29, 1.82) is 0 Å². The molecule has 1 atom stereocenters. The average Bonchev–Trinajstić information content (AvgIpc) is 2.37. The first kappa shape index (κ1) is 15.6. The van der Waals surface area contributed by atoms with E-state index in [0.29, 0.717) is 23.6 Å². The number of Topliss-reactive ketones (excluding diaryl/α,β-unsaturated/α-hetero) is 1. The first-order valence-electron chi connectivity index (χ1n) is 5.91. The number of ether oxygens (including phenoxy) is 1. The molecule has 104 valence electrons. The van der Waals surface area contributed by atoms with Gasteiger partial charge in [0.05, 0.1) is 12.5 Å². The van der Waals surface area contributed by atoms with Crippen molar-refractivity contribution in [1.82, 2.24) is 4.98 Å². The second-order valence-corrected chi connectivity index (χ2v) is 4.60. The highest BCUT2D eigenvalue weighted by Crippen LogP contribution is 2.14. The van der Waals surface area contributed by atoms with E-state index in [9.17, 15) is 9.59 Å². The van der Waals surface area contributed by atoms with Gasteiger partial charge < -0.3 is 9.84 Å². The maximum absolute atomic E-state index is 11.8. The summed E-state index contributed by atoms with van der Waals surface area (Å²) in [5, 5.41) is 9.39. The molecule has 0 saturated heterocycles. The lowest BCUT2D eigenvalue weighted by atomic mass is 10.0. The molecule has 0 amide bonds. The Morgan fingerprint density at radius 2 is 2.26 bits per heavy atom. The zero-order valence-electron chi connectivity index (χ0n) is 10.6. The number of aliphatic carboxylic acids is 1. The van der Waals surface area contributed by atoms with Crippen molar-refractivity contribution in [2.75, 3.05) is 13.7 Å². The summed E-state index contributed by atoms with van der Waals surface area (Å²) in [5.74, 6) is -1.62. The van der Waals surface area contributed by atoms with E-state index in [0.717, 1.165) is 0 Å². The summed E-state index contributed by atoms with van der Waals surface area (Å²) in [6, 6.07) is 3.10. The molecule has 0 aliphatic heterocycles. The van der Waals surface area contributed by atoms with Crippen molar-refractivity contribution in [2.45, 2.75) is 19.3 Å². The summed E-state index contributed by atoms with van der Waals surface area (Å²) in [5.41, 5.74) is 0.311. The molecule has 1 N–H and O–H groups in total. The molecule has 0 aliphatic carbocycles. The highest BCUT2D eigenvalue weighted by molar-refractivity contribution is 6.30. The molecule has 0 saturated carbocycles. The molecular weight excluding hydrogens is 270 g/mol. The molecular formula is C13H16ClNO4. The summed E-state index contributed by atoms with van der Waals surface area (Å²) in [6.45, 7) is 0.152. The number of nitrogens with zero attached hydrogens (tertiary/aromatic N) is 1. The van der Waals surface area contributed by atoms with E-state index in [2.05, 4.69) is 4.98 Å². The maximum atomic E-state index is 11.8. The van der Waals surface area contributed by atoms with Crippen molar-refractivity contribution in [2.24, 2.45) is 5.92 Å². The molecule has 0 radical (unpaired) electrons. The number of ketones is 1. The molecule has 1 heterocycles. The van der Waals surface area contributed by atoms with Gasteiger partial charge in [0.25, 0.3) is 0 Å². The van der Waals surface area contributed by atoms with Gasteiger partial charge in [-0.1, -0.05) is 11.6 Å². The van der Waals surface area contributed by atoms with Gasteiger partial charge in [0, 0.05) is 24.8 Å². The van der Waals surface area contributed by atoms with Crippen LogP contribution in [0.4, 0.5) is 0 Å². The number of aromatic nitrogens is 1. The van der Waals surface area contributed by atoms with E-state index in [1.165, 1.54) is 19.4 Å². The molecule has 1 aromatic rings. The Hall–Kier alpha value is -1.46. The quantitative estimate of drug-likeness (QED) is 0.742. The second kappa shape index (κ2) is 7.86. The van der Waals surface area contributed by atoms with Crippen molar-refractivity contribution in [3.8, 4) is 0 Å². The summed E-state index contributed by atoms with van der Waals surface area (Å²) >= 11 is 5.77. The zero-order valence-corrected chi connectivity index (χ0v) is 11.4. The predicted octanol–water partition coefficient (Wildman–Crippen LogP) is 2.44. The number of rotatable bonds is 8. The number of methoxy groups -OCH3 is 1. The molecule has 1 rings (SSSR count). The molecule has 19 heavy (non-hydrogen) atoms. The van der Waals surface area contributed by atoms with E-state index in [1.54, 1.807) is 6.07 Å². The van der Waals surface area contributed by atoms with Crippen LogP contribution in [0, 0.1) is 5.92 Å². The number of carbonyl (C=O) groups is 2. The standard InChI is InChI=1S/C13H16ClNO4/c1-19-8-9(13(17)18)3-2-4-12(16)11-7-10(14)5-6-15-11/h5-7,9H,2-4,8H2,1H3,(H,17,18). The fraction of sp³-hybridized carbons (Fsp3) is 0.462. The summed E-state index contributed by atoms with van der Waals surface area (Å²) in [6.07, 6.45) is 2.60. The normalized spacial score (nSPS) is 12.1. The van der Waals surface area contributed by atoms with Crippen LogP contribution in [0.1, 0.15) is 29.8 Å². The van der Waals surface area contributed by atoms with Gasteiger partial charge in [0.15, 0.2) is 5.78 Å². The number of hydrogen-bond acceptors (Lipinski definition) is 4. The van der Waals surface area contributed by atoms with E-state index in [4.69, 9.17) is 21.4 Å². The third-order valence-corrected chi connectivity index (χ3v) is 2.92. The minimum absolute atomic E-state index is 0.135. The molecule has 0 aromatic carbocycles. The first-order valence-corrected chi connectivity index (χ1v) is 6.29. The first-order chi connectivity index (χ1) is 9.04. The van der Waals surface area contributed by atoms with Crippen molar-refractivity contribution >= 4 is 23.4 Å². The summed E-state index contributed by atoms with van der Waals surface area (Å²) < 4.78 is 4.83. The number of halogens is 1. The van der Waals surface area contributed by atoms with E-state index in [-0.39, 0.29) is 18.8 Å². The lowest BCUT2D eigenvalue weighted by Gasteiger charge is -2.10. The Labute approximate surface area is 116 Å². The van der Waals surface area contributed by atoms with Crippen LogP contribution in [0.15, 0.2) is 18.3 Å². The van der Waals surface area contributed by atoms with Gasteiger partial charge in [-0.05, 0) is 25.0 Å². The van der Waals surface area contributed by atoms with Gasteiger partial charge in [0.1, 0.15) is 5.69 Å². The SMILES string of the molecule is COCC(CCCC(=O)c1cc(Cl)ccn1)C(=O)O. The van der Waals surface area contributed by atoms with Crippen molar-refractivity contribution in [3.05, 3.63) is 29.0 Å².